The predicted molar refractivity (Wildman–Crippen MR) is 95.2 cm³/mol. The van der Waals surface area contributed by atoms with Gasteiger partial charge in [0.25, 0.3) is 5.91 Å². The molecule has 2 aromatic heterocycles. The molecule has 122 valence electrons. The first-order valence-corrected chi connectivity index (χ1v) is 7.96. The SMILES string of the molecule is Cc1cc(NC(=O)c2ccccc2C)n(-c2ncc(Cl)cc2Cl)n1. The van der Waals surface area contributed by atoms with Crippen molar-refractivity contribution in [1.82, 2.24) is 14.8 Å². The maximum Gasteiger partial charge on any atom is 0.257 e. The fourth-order valence-electron chi connectivity index (χ4n) is 2.32. The van der Waals surface area contributed by atoms with Crippen molar-refractivity contribution >= 4 is 34.9 Å². The van der Waals surface area contributed by atoms with Crippen molar-refractivity contribution in [3.8, 4) is 5.82 Å². The number of hydrogen-bond acceptors (Lipinski definition) is 3. The maximum atomic E-state index is 12.5. The standard InChI is InChI=1S/C17H14Cl2N4O/c1-10-5-3-4-6-13(10)17(24)21-15-7-11(2)22-23(15)16-14(19)8-12(18)9-20-16/h3-9H,1-2H3,(H,21,24). The number of pyridine rings is 1. The summed E-state index contributed by atoms with van der Waals surface area (Å²) in [4.78, 5) is 16.7. The summed E-state index contributed by atoms with van der Waals surface area (Å²) >= 11 is 12.1. The Labute approximate surface area is 149 Å². The summed E-state index contributed by atoms with van der Waals surface area (Å²) in [5, 5.41) is 7.98. The van der Waals surface area contributed by atoms with Crippen LogP contribution in [0.1, 0.15) is 21.6 Å². The van der Waals surface area contributed by atoms with Crippen LogP contribution in [0.5, 0.6) is 0 Å². The van der Waals surface area contributed by atoms with Crippen LogP contribution in [0.4, 0.5) is 5.82 Å². The van der Waals surface area contributed by atoms with E-state index in [1.807, 2.05) is 32.0 Å². The van der Waals surface area contributed by atoms with Gasteiger partial charge in [-0.1, -0.05) is 41.4 Å². The van der Waals surface area contributed by atoms with Crippen molar-refractivity contribution in [1.29, 1.82) is 0 Å². The number of benzene rings is 1. The molecular weight excluding hydrogens is 347 g/mol. The minimum atomic E-state index is -0.223. The second kappa shape index (κ2) is 6.63. The molecule has 0 spiro atoms. The predicted octanol–water partition coefficient (Wildman–Crippen LogP) is 4.44. The molecule has 1 aromatic carbocycles. The second-order valence-electron chi connectivity index (χ2n) is 5.31. The zero-order valence-corrected chi connectivity index (χ0v) is 14.6. The number of nitrogens with one attached hydrogen (secondary N) is 1. The molecule has 0 unspecified atom stereocenters. The molecule has 1 amide bonds. The Bertz CT molecular complexity index is 921. The number of anilines is 1. The molecule has 7 heteroatoms. The van der Waals surface area contributed by atoms with E-state index in [4.69, 9.17) is 23.2 Å². The first-order chi connectivity index (χ1) is 11.5. The molecular formula is C17H14Cl2N4O. The highest BCUT2D eigenvalue weighted by Gasteiger charge is 2.16. The number of amides is 1. The number of aryl methyl sites for hydroxylation is 2. The molecule has 5 nitrogen and oxygen atoms in total. The fourth-order valence-corrected chi connectivity index (χ4v) is 2.78. The summed E-state index contributed by atoms with van der Waals surface area (Å²) in [5.74, 6) is 0.658. The van der Waals surface area contributed by atoms with E-state index in [0.29, 0.717) is 27.2 Å². The van der Waals surface area contributed by atoms with E-state index < -0.39 is 0 Å². The van der Waals surface area contributed by atoms with E-state index in [1.54, 1.807) is 18.2 Å². The van der Waals surface area contributed by atoms with Crippen molar-refractivity contribution in [3.05, 3.63) is 69.5 Å². The average Bonchev–Trinajstić information content (AvgIpc) is 2.88. The van der Waals surface area contributed by atoms with Gasteiger partial charge in [-0.05, 0) is 31.5 Å². The molecule has 0 fully saturated rings. The van der Waals surface area contributed by atoms with Crippen LogP contribution in [0.2, 0.25) is 10.0 Å². The Kier molecular flexibility index (Phi) is 4.55. The summed E-state index contributed by atoms with van der Waals surface area (Å²) in [7, 11) is 0. The summed E-state index contributed by atoms with van der Waals surface area (Å²) in [5.41, 5.74) is 2.21. The van der Waals surface area contributed by atoms with Crippen LogP contribution in [0.15, 0.2) is 42.6 Å². The molecule has 0 saturated heterocycles. The first kappa shape index (κ1) is 16.5. The van der Waals surface area contributed by atoms with Crippen molar-refractivity contribution in [2.45, 2.75) is 13.8 Å². The number of rotatable bonds is 3. The van der Waals surface area contributed by atoms with Gasteiger partial charge >= 0.3 is 0 Å². The van der Waals surface area contributed by atoms with Crippen molar-refractivity contribution in [2.75, 3.05) is 5.32 Å². The van der Waals surface area contributed by atoms with Crippen LogP contribution in [0.3, 0.4) is 0 Å². The lowest BCUT2D eigenvalue weighted by atomic mass is 10.1. The van der Waals surface area contributed by atoms with Gasteiger partial charge in [0, 0.05) is 17.8 Å². The van der Waals surface area contributed by atoms with Gasteiger partial charge in [0.2, 0.25) is 0 Å². The van der Waals surface area contributed by atoms with Crippen LogP contribution in [-0.4, -0.2) is 20.7 Å². The van der Waals surface area contributed by atoms with Crippen molar-refractivity contribution < 1.29 is 4.79 Å². The van der Waals surface area contributed by atoms with E-state index in [9.17, 15) is 4.79 Å². The average molecular weight is 361 g/mol. The zero-order chi connectivity index (χ0) is 17.3. The molecule has 1 N–H and O–H groups in total. The molecule has 24 heavy (non-hydrogen) atoms. The summed E-state index contributed by atoms with van der Waals surface area (Å²) < 4.78 is 1.49. The van der Waals surface area contributed by atoms with Gasteiger partial charge in [-0.15, -0.1) is 0 Å². The van der Waals surface area contributed by atoms with E-state index in [2.05, 4.69) is 15.4 Å². The third-order valence-electron chi connectivity index (χ3n) is 3.45. The van der Waals surface area contributed by atoms with Crippen LogP contribution >= 0.6 is 23.2 Å². The minimum absolute atomic E-state index is 0.223. The maximum absolute atomic E-state index is 12.5. The summed E-state index contributed by atoms with van der Waals surface area (Å²) in [6.07, 6.45) is 1.48. The lowest BCUT2D eigenvalue weighted by Gasteiger charge is -2.10. The lowest BCUT2D eigenvalue weighted by molar-refractivity contribution is 0.102. The van der Waals surface area contributed by atoms with Gasteiger partial charge in [-0.3, -0.25) is 4.79 Å². The van der Waals surface area contributed by atoms with Crippen molar-refractivity contribution in [2.24, 2.45) is 0 Å². The largest absolute Gasteiger partial charge is 0.306 e. The third-order valence-corrected chi connectivity index (χ3v) is 3.94. The van der Waals surface area contributed by atoms with Gasteiger partial charge in [0.15, 0.2) is 5.82 Å². The molecule has 0 bridgehead atoms. The Morgan fingerprint density at radius 2 is 1.92 bits per heavy atom. The quantitative estimate of drug-likeness (QED) is 0.750. The highest BCUT2D eigenvalue weighted by Crippen LogP contribution is 2.25. The summed E-state index contributed by atoms with van der Waals surface area (Å²) in [6.45, 7) is 3.71. The Hall–Kier alpha value is -2.37. The number of halogens is 2. The van der Waals surface area contributed by atoms with E-state index in [0.717, 1.165) is 11.3 Å². The van der Waals surface area contributed by atoms with Crippen LogP contribution in [-0.2, 0) is 0 Å². The normalized spacial score (nSPS) is 10.7. The first-order valence-electron chi connectivity index (χ1n) is 7.21. The molecule has 3 aromatic rings. The number of hydrogen-bond donors (Lipinski definition) is 1. The van der Waals surface area contributed by atoms with Gasteiger partial charge in [0.05, 0.1) is 15.7 Å². The lowest BCUT2D eigenvalue weighted by Crippen LogP contribution is -2.16. The summed E-state index contributed by atoms with van der Waals surface area (Å²) in [6, 6.07) is 10.7. The molecule has 3 rings (SSSR count). The smallest absolute Gasteiger partial charge is 0.257 e. The number of aromatic nitrogens is 3. The van der Waals surface area contributed by atoms with Crippen LogP contribution in [0, 0.1) is 13.8 Å². The van der Waals surface area contributed by atoms with Crippen LogP contribution < -0.4 is 5.32 Å². The fraction of sp³-hybridized carbons (Fsp3) is 0.118. The molecule has 0 aliphatic carbocycles. The second-order valence-corrected chi connectivity index (χ2v) is 6.15. The topological polar surface area (TPSA) is 59.8 Å². The van der Waals surface area contributed by atoms with Gasteiger partial charge < -0.3 is 5.32 Å². The number of nitrogens with zero attached hydrogens (tertiary/aromatic N) is 3. The Morgan fingerprint density at radius 3 is 2.62 bits per heavy atom. The van der Waals surface area contributed by atoms with Crippen molar-refractivity contribution in [3.63, 3.8) is 0 Å². The third kappa shape index (κ3) is 3.27. The molecule has 0 saturated carbocycles. The molecule has 0 atom stereocenters. The molecule has 0 aliphatic rings. The highest BCUT2D eigenvalue weighted by molar-refractivity contribution is 6.35. The highest BCUT2D eigenvalue weighted by atomic mass is 35.5. The van der Waals surface area contributed by atoms with Gasteiger partial charge in [-0.25, -0.2) is 4.98 Å². The number of carbonyl (C=O) groups is 1. The Balaban J connectivity index is 1.98. The Morgan fingerprint density at radius 1 is 1.17 bits per heavy atom. The van der Waals surface area contributed by atoms with Gasteiger partial charge in [0.1, 0.15) is 5.82 Å². The number of carbonyl (C=O) groups excluding carboxylic acids is 1. The zero-order valence-electron chi connectivity index (χ0n) is 13.0. The minimum Gasteiger partial charge on any atom is -0.306 e. The molecule has 0 aliphatic heterocycles. The van der Waals surface area contributed by atoms with E-state index >= 15 is 0 Å². The van der Waals surface area contributed by atoms with Crippen LogP contribution in [0.25, 0.3) is 5.82 Å². The van der Waals surface area contributed by atoms with E-state index in [1.165, 1.54) is 10.9 Å². The monoisotopic (exact) mass is 360 g/mol. The van der Waals surface area contributed by atoms with E-state index in [-0.39, 0.29) is 5.91 Å². The molecule has 2 heterocycles. The van der Waals surface area contributed by atoms with Gasteiger partial charge in [-0.2, -0.15) is 9.78 Å². The molecule has 0 radical (unpaired) electrons.